The summed E-state index contributed by atoms with van der Waals surface area (Å²) in [6, 6.07) is -1.38. The minimum Gasteiger partial charge on any atom is -0.481 e. The van der Waals surface area contributed by atoms with Crippen LogP contribution in [0.5, 0.6) is 0 Å². The monoisotopic (exact) mass is 597 g/mol. The van der Waals surface area contributed by atoms with Crippen molar-refractivity contribution in [1.29, 1.82) is 0 Å². The number of fused-ring (bicyclic) bond motifs is 5. The van der Waals surface area contributed by atoms with E-state index in [1.807, 2.05) is 0 Å². The Morgan fingerprint density at radius 1 is 1.15 bits per heavy atom. The smallest absolute Gasteiger partial charge is 0.322 e. The van der Waals surface area contributed by atoms with Crippen molar-refractivity contribution in [2.45, 2.75) is 94.5 Å². The minimum atomic E-state index is -2.40. The Kier molecular flexibility index (Phi) is 8.79. The quantitative estimate of drug-likeness (QED) is 0.150. The fraction of sp³-hybridized carbons (Fsp3) is 0.750. The lowest BCUT2D eigenvalue weighted by Gasteiger charge is -2.60. The molecule has 0 amide bonds. The van der Waals surface area contributed by atoms with Gasteiger partial charge in [-0.3, -0.25) is 24.0 Å². The van der Waals surface area contributed by atoms with Gasteiger partial charge in [-0.25, -0.2) is 0 Å². The van der Waals surface area contributed by atoms with Crippen molar-refractivity contribution >= 4 is 41.2 Å². The van der Waals surface area contributed by atoms with Crippen LogP contribution in [0.3, 0.4) is 0 Å². The van der Waals surface area contributed by atoms with Gasteiger partial charge in [0.25, 0.3) is 6.29 Å². The molecule has 4 rings (SSSR count). The Morgan fingerprint density at radius 2 is 1.83 bits per heavy atom. The summed E-state index contributed by atoms with van der Waals surface area (Å²) in [6.07, 6.45) is 0.577. The van der Waals surface area contributed by atoms with E-state index >= 15 is 0 Å². The van der Waals surface area contributed by atoms with E-state index in [9.17, 15) is 39.3 Å². The van der Waals surface area contributed by atoms with Gasteiger partial charge in [-0.2, -0.15) is 0 Å². The highest BCUT2D eigenvalue weighted by Crippen LogP contribution is 2.67. The van der Waals surface area contributed by atoms with E-state index in [1.165, 1.54) is 0 Å². The van der Waals surface area contributed by atoms with E-state index in [0.717, 1.165) is 5.57 Å². The first kappa shape index (κ1) is 31.6. The topological polar surface area (TPSA) is 222 Å². The molecule has 10 atom stereocenters. The van der Waals surface area contributed by atoms with Gasteiger partial charge in [0.1, 0.15) is 16.9 Å². The summed E-state index contributed by atoms with van der Waals surface area (Å²) in [5.74, 6) is -5.73. The third kappa shape index (κ3) is 5.47. The number of ether oxygens (including phenoxy) is 1. The Labute approximate surface area is 241 Å². The Bertz CT molecular complexity index is 1160. The van der Waals surface area contributed by atoms with Crippen LogP contribution in [-0.2, 0) is 28.7 Å². The summed E-state index contributed by atoms with van der Waals surface area (Å²) in [5, 5.41) is 50.6. The van der Waals surface area contributed by atoms with Crippen molar-refractivity contribution in [3.05, 3.63) is 11.6 Å². The number of allylic oxidation sites excluding steroid dienone is 1. The summed E-state index contributed by atoms with van der Waals surface area (Å²) >= 11 is 0.614. The van der Waals surface area contributed by atoms with Crippen LogP contribution in [0.4, 0.5) is 0 Å². The van der Waals surface area contributed by atoms with E-state index < -0.39 is 64.8 Å². The van der Waals surface area contributed by atoms with Gasteiger partial charge in [-0.05, 0) is 67.8 Å². The molecule has 3 fully saturated rings. The molecule has 4 aliphatic carbocycles. The highest BCUT2D eigenvalue weighted by molar-refractivity contribution is 8.00. The van der Waals surface area contributed by atoms with E-state index in [1.54, 1.807) is 13.0 Å². The Morgan fingerprint density at radius 3 is 2.46 bits per heavy atom. The van der Waals surface area contributed by atoms with Gasteiger partial charge in [0.05, 0.1) is 12.5 Å². The lowest BCUT2D eigenvalue weighted by Crippen LogP contribution is -2.63. The molecule has 41 heavy (non-hydrogen) atoms. The number of carboxylic acids is 2. The zero-order valence-electron chi connectivity index (χ0n) is 23.2. The highest BCUT2D eigenvalue weighted by Gasteiger charge is 2.69. The van der Waals surface area contributed by atoms with Crippen molar-refractivity contribution in [2.24, 2.45) is 34.3 Å². The number of aliphatic hydroxyl groups is 3. The van der Waals surface area contributed by atoms with Crippen molar-refractivity contribution in [2.75, 3.05) is 5.75 Å². The zero-order chi connectivity index (χ0) is 30.5. The summed E-state index contributed by atoms with van der Waals surface area (Å²) in [4.78, 5) is 60.6. The van der Waals surface area contributed by atoms with E-state index in [2.05, 4.69) is 6.92 Å². The molecule has 0 spiro atoms. The predicted molar refractivity (Wildman–Crippen MR) is 144 cm³/mol. The average Bonchev–Trinajstić information content (AvgIpc) is 3.16. The predicted octanol–water partition coefficient (Wildman–Crippen LogP) is 0.639. The normalized spacial score (nSPS) is 38.4. The second kappa shape index (κ2) is 11.4. The van der Waals surface area contributed by atoms with Crippen molar-refractivity contribution in [3.8, 4) is 0 Å². The van der Waals surface area contributed by atoms with Gasteiger partial charge >= 0.3 is 17.9 Å². The van der Waals surface area contributed by atoms with Crippen molar-refractivity contribution in [3.63, 3.8) is 0 Å². The largest absolute Gasteiger partial charge is 0.481 e. The third-order valence-electron chi connectivity index (χ3n) is 10.3. The maximum atomic E-state index is 13.5. The summed E-state index contributed by atoms with van der Waals surface area (Å²) in [5.41, 5.74) is 2.86. The summed E-state index contributed by atoms with van der Waals surface area (Å²) < 4.78 is 4.93. The molecule has 3 saturated carbocycles. The SMILES string of the molecule is C[C@]12CCC(=O)C=C1CC[C@@H]1[C@@H]2[C@@H](O)C[C@@]2(C)[C@H]1CC[C@]2(O)C(=O)C(O)OC(=O)C(CC(=O)O)SCC(N)C(=O)O. The number of carbonyl (C=O) groups is 5. The molecule has 228 valence electrons. The molecule has 0 aliphatic heterocycles. The van der Waals surface area contributed by atoms with E-state index in [4.69, 9.17) is 20.7 Å². The number of hydrogen-bond acceptors (Lipinski definition) is 11. The lowest BCUT2D eigenvalue weighted by molar-refractivity contribution is -0.204. The lowest BCUT2D eigenvalue weighted by atomic mass is 9.45. The van der Waals surface area contributed by atoms with Crippen LogP contribution >= 0.6 is 11.8 Å². The average molecular weight is 598 g/mol. The third-order valence-corrected chi connectivity index (χ3v) is 11.6. The first-order valence-electron chi connectivity index (χ1n) is 13.9. The number of thioether (sulfide) groups is 1. The van der Waals surface area contributed by atoms with E-state index in [-0.39, 0.29) is 47.5 Å². The molecular formula is C28H39NO11S. The molecule has 4 aliphatic rings. The molecular weight excluding hydrogens is 558 g/mol. The first-order chi connectivity index (χ1) is 19.0. The summed E-state index contributed by atoms with van der Waals surface area (Å²) in [6.45, 7) is 3.80. The van der Waals surface area contributed by atoms with Gasteiger partial charge in [0, 0.05) is 17.6 Å². The van der Waals surface area contributed by atoms with Crippen LogP contribution in [0.2, 0.25) is 0 Å². The number of ketones is 2. The first-order valence-corrected chi connectivity index (χ1v) is 15.0. The number of rotatable bonds is 10. The molecule has 0 aromatic heterocycles. The number of carboxylic acid groups (broad SMARTS) is 2. The molecule has 13 heteroatoms. The van der Waals surface area contributed by atoms with Crippen LogP contribution in [0, 0.1) is 28.6 Å². The number of Topliss-reactive ketones (excluding diaryl/α,β-unsaturated/α-hetero) is 1. The second-order valence-corrected chi connectivity index (χ2v) is 13.7. The fourth-order valence-corrected chi connectivity index (χ4v) is 9.23. The molecule has 0 heterocycles. The molecule has 0 saturated heterocycles. The van der Waals surface area contributed by atoms with Crippen molar-refractivity contribution in [1.82, 2.24) is 0 Å². The molecule has 0 aromatic rings. The van der Waals surface area contributed by atoms with Crippen LogP contribution < -0.4 is 5.73 Å². The molecule has 7 N–H and O–H groups in total. The second-order valence-electron chi connectivity index (χ2n) is 12.5. The van der Waals surface area contributed by atoms with Gasteiger partial charge in [-0.15, -0.1) is 11.8 Å². The highest BCUT2D eigenvalue weighted by atomic mass is 32.2. The van der Waals surface area contributed by atoms with Gasteiger partial charge in [0.15, 0.2) is 5.78 Å². The van der Waals surface area contributed by atoms with Gasteiger partial charge in [0.2, 0.25) is 5.78 Å². The Balaban J connectivity index is 1.51. The number of hydrogen-bond donors (Lipinski definition) is 6. The molecule has 3 unspecified atom stereocenters. The number of aliphatic carboxylic acids is 2. The van der Waals surface area contributed by atoms with Crippen LogP contribution in [-0.4, -0.2) is 90.0 Å². The summed E-state index contributed by atoms with van der Waals surface area (Å²) in [7, 11) is 0. The van der Waals surface area contributed by atoms with Crippen LogP contribution in [0.15, 0.2) is 11.6 Å². The van der Waals surface area contributed by atoms with Crippen LogP contribution in [0.1, 0.15) is 65.2 Å². The number of carbonyl (C=O) groups excluding carboxylic acids is 3. The minimum absolute atomic E-state index is 0.0176. The van der Waals surface area contributed by atoms with Gasteiger partial charge < -0.3 is 36.0 Å². The number of aliphatic hydroxyl groups excluding tert-OH is 2. The number of esters is 1. The molecule has 0 aromatic carbocycles. The molecule has 0 bridgehead atoms. The maximum Gasteiger partial charge on any atom is 0.322 e. The standard InChI is InChI=1S/C28H39NO11S/c1-26-7-5-14(30)9-13(26)3-4-15-16-6-8-28(39,27(16,2)11-18(31)21(15)26)22(34)25(38)40-24(37)19(10-20(32)33)41-12-17(29)23(35)36/h9,15-19,21,25,31,38-39H,3-8,10-12,29H2,1-2H3,(H,32,33)(H,35,36)/t15-,16-,17?,18-,19?,21+,25?,26-,27-,28-/m0/s1. The van der Waals surface area contributed by atoms with E-state index in [0.29, 0.717) is 43.9 Å². The Hall–Kier alpha value is -2.32. The molecule has 12 nitrogen and oxygen atoms in total. The number of nitrogens with two attached hydrogens (primary N) is 1. The van der Waals surface area contributed by atoms with Crippen LogP contribution in [0.25, 0.3) is 0 Å². The fourth-order valence-electron chi connectivity index (χ4n) is 8.20. The van der Waals surface area contributed by atoms with Gasteiger partial charge in [-0.1, -0.05) is 19.4 Å². The molecule has 0 radical (unpaired) electrons. The van der Waals surface area contributed by atoms with Crippen molar-refractivity contribution < 1.29 is 54.2 Å². The maximum absolute atomic E-state index is 13.5. The zero-order valence-corrected chi connectivity index (χ0v) is 24.0.